The molecular formula is C15H23NO7S2. The van der Waals surface area contributed by atoms with Gasteiger partial charge in [-0.25, -0.2) is 8.42 Å². The zero-order valence-electron chi connectivity index (χ0n) is 14.6. The highest BCUT2D eigenvalue weighted by atomic mass is 32.2. The molecule has 1 aliphatic rings. The maximum Gasteiger partial charge on any atom is 0.264 e. The summed E-state index contributed by atoms with van der Waals surface area (Å²) in [6.45, 7) is 1.87. The summed E-state index contributed by atoms with van der Waals surface area (Å²) in [5, 5.41) is 0. The Morgan fingerprint density at radius 1 is 1.12 bits per heavy atom. The number of hydrogen-bond donors (Lipinski definition) is 0. The predicted octanol–water partition coefficient (Wildman–Crippen LogP) is 1.22. The van der Waals surface area contributed by atoms with Gasteiger partial charge in [-0.05, 0) is 31.9 Å². The molecule has 25 heavy (non-hydrogen) atoms. The van der Waals surface area contributed by atoms with Crippen LogP contribution in [0.5, 0.6) is 11.5 Å². The first-order chi connectivity index (χ1) is 11.6. The molecule has 2 rings (SSSR count). The van der Waals surface area contributed by atoms with E-state index in [1.54, 1.807) is 6.92 Å². The second-order valence-electron chi connectivity index (χ2n) is 5.85. The van der Waals surface area contributed by atoms with Gasteiger partial charge in [-0.3, -0.25) is 4.18 Å². The van der Waals surface area contributed by atoms with Gasteiger partial charge < -0.3 is 9.47 Å². The lowest BCUT2D eigenvalue weighted by atomic mass is 10.1. The molecule has 0 bridgehead atoms. The van der Waals surface area contributed by atoms with Crippen molar-refractivity contribution >= 4 is 20.1 Å². The SMILES string of the molecule is COc1ccc(S(=O)(=O)N2CCCC2C(C)OS(C)(=O)=O)cc1OC. The van der Waals surface area contributed by atoms with Gasteiger partial charge in [0.15, 0.2) is 11.5 Å². The maximum absolute atomic E-state index is 13.0. The van der Waals surface area contributed by atoms with Crippen molar-refractivity contribution in [1.29, 1.82) is 0 Å². The maximum atomic E-state index is 13.0. The number of nitrogens with zero attached hydrogens (tertiary/aromatic N) is 1. The topological polar surface area (TPSA) is 99.2 Å². The van der Waals surface area contributed by atoms with Gasteiger partial charge in [0.25, 0.3) is 10.1 Å². The fourth-order valence-corrected chi connectivity index (χ4v) is 5.43. The number of rotatable bonds is 7. The summed E-state index contributed by atoms with van der Waals surface area (Å²) < 4.78 is 65.3. The van der Waals surface area contributed by atoms with E-state index >= 15 is 0 Å². The summed E-state index contributed by atoms with van der Waals surface area (Å²) in [5.74, 6) is 0.730. The molecular weight excluding hydrogens is 370 g/mol. The molecule has 142 valence electrons. The van der Waals surface area contributed by atoms with Crippen molar-refractivity contribution in [3.8, 4) is 11.5 Å². The summed E-state index contributed by atoms with van der Waals surface area (Å²) in [6.07, 6.45) is 1.34. The van der Waals surface area contributed by atoms with Crippen LogP contribution in [0.1, 0.15) is 19.8 Å². The van der Waals surface area contributed by atoms with Gasteiger partial charge in [-0.15, -0.1) is 0 Å². The third kappa shape index (κ3) is 4.43. The standard InChI is InChI=1S/C15H23NO7S2/c1-11(23-24(4,17)18)13-6-5-9-16(13)25(19,20)12-7-8-14(21-2)15(10-12)22-3/h7-8,10-11,13H,5-6,9H2,1-4H3. The van der Waals surface area contributed by atoms with E-state index in [-0.39, 0.29) is 4.90 Å². The van der Waals surface area contributed by atoms with Crippen LogP contribution in [0.3, 0.4) is 0 Å². The molecule has 1 heterocycles. The summed E-state index contributed by atoms with van der Waals surface area (Å²) in [7, 11) is -4.60. The van der Waals surface area contributed by atoms with Crippen LogP contribution in [0.2, 0.25) is 0 Å². The van der Waals surface area contributed by atoms with E-state index < -0.39 is 32.3 Å². The van der Waals surface area contributed by atoms with Crippen LogP contribution in [0.25, 0.3) is 0 Å². The number of hydrogen-bond acceptors (Lipinski definition) is 7. The van der Waals surface area contributed by atoms with Gasteiger partial charge in [-0.2, -0.15) is 12.7 Å². The molecule has 0 aromatic heterocycles. The Bertz CT molecular complexity index is 820. The Morgan fingerprint density at radius 3 is 2.32 bits per heavy atom. The number of ether oxygens (including phenoxy) is 2. The largest absolute Gasteiger partial charge is 0.493 e. The number of benzene rings is 1. The Kier molecular flexibility index (Phi) is 5.97. The summed E-state index contributed by atoms with van der Waals surface area (Å²) >= 11 is 0. The van der Waals surface area contributed by atoms with Crippen molar-refractivity contribution in [2.45, 2.75) is 36.8 Å². The molecule has 0 amide bonds. The Balaban J connectivity index is 2.35. The first-order valence-electron chi connectivity index (χ1n) is 7.72. The van der Waals surface area contributed by atoms with E-state index in [9.17, 15) is 16.8 Å². The average Bonchev–Trinajstić information content (AvgIpc) is 3.03. The van der Waals surface area contributed by atoms with E-state index in [0.29, 0.717) is 30.9 Å². The van der Waals surface area contributed by atoms with Crippen LogP contribution >= 0.6 is 0 Å². The molecule has 1 saturated heterocycles. The van der Waals surface area contributed by atoms with Crippen LogP contribution in [-0.4, -0.2) is 60.3 Å². The molecule has 0 saturated carbocycles. The first kappa shape index (κ1) is 20.0. The normalized spacial score (nSPS) is 20.4. The highest BCUT2D eigenvalue weighted by Gasteiger charge is 2.40. The molecule has 0 N–H and O–H groups in total. The summed E-state index contributed by atoms with van der Waals surface area (Å²) in [4.78, 5) is 0.0589. The fraction of sp³-hybridized carbons (Fsp3) is 0.600. The van der Waals surface area contributed by atoms with Gasteiger partial charge in [0, 0.05) is 12.6 Å². The lowest BCUT2D eigenvalue weighted by Gasteiger charge is -2.28. The number of sulfonamides is 1. The zero-order chi connectivity index (χ0) is 18.8. The predicted molar refractivity (Wildman–Crippen MR) is 91.9 cm³/mol. The number of methoxy groups -OCH3 is 2. The molecule has 10 heteroatoms. The van der Waals surface area contributed by atoms with E-state index in [1.165, 1.54) is 36.7 Å². The van der Waals surface area contributed by atoms with Crippen LogP contribution in [-0.2, 0) is 24.3 Å². The van der Waals surface area contributed by atoms with Gasteiger partial charge in [0.1, 0.15) is 0 Å². The highest BCUT2D eigenvalue weighted by molar-refractivity contribution is 7.89. The Hall–Kier alpha value is -1.36. The minimum Gasteiger partial charge on any atom is -0.493 e. The molecule has 0 spiro atoms. The van der Waals surface area contributed by atoms with Crippen LogP contribution in [0, 0.1) is 0 Å². The molecule has 2 unspecified atom stereocenters. The van der Waals surface area contributed by atoms with Crippen LogP contribution in [0.4, 0.5) is 0 Å². The van der Waals surface area contributed by atoms with E-state index in [0.717, 1.165) is 6.26 Å². The minimum atomic E-state index is -3.82. The average molecular weight is 393 g/mol. The second kappa shape index (κ2) is 7.48. The molecule has 1 aromatic carbocycles. The minimum absolute atomic E-state index is 0.0589. The van der Waals surface area contributed by atoms with Gasteiger partial charge in [0.2, 0.25) is 10.0 Å². The van der Waals surface area contributed by atoms with Crippen molar-refractivity contribution in [3.05, 3.63) is 18.2 Å². The van der Waals surface area contributed by atoms with Crippen molar-refractivity contribution in [3.63, 3.8) is 0 Å². The second-order valence-corrected chi connectivity index (χ2v) is 9.34. The Morgan fingerprint density at radius 2 is 1.76 bits per heavy atom. The fourth-order valence-electron chi connectivity index (χ4n) is 2.99. The van der Waals surface area contributed by atoms with Gasteiger partial charge in [0.05, 0.1) is 37.5 Å². The van der Waals surface area contributed by atoms with Gasteiger partial charge >= 0.3 is 0 Å². The third-order valence-corrected chi connectivity index (χ3v) is 6.65. The summed E-state index contributed by atoms with van der Waals surface area (Å²) in [5.41, 5.74) is 0. The lowest BCUT2D eigenvalue weighted by Crippen LogP contribution is -2.43. The molecule has 2 atom stereocenters. The van der Waals surface area contributed by atoms with Crippen LogP contribution in [0.15, 0.2) is 23.1 Å². The summed E-state index contributed by atoms with van der Waals surface area (Å²) in [6, 6.07) is 3.81. The van der Waals surface area contributed by atoms with Gasteiger partial charge in [-0.1, -0.05) is 0 Å². The van der Waals surface area contributed by atoms with Crippen molar-refractivity contribution in [2.24, 2.45) is 0 Å². The van der Waals surface area contributed by atoms with Crippen molar-refractivity contribution < 1.29 is 30.5 Å². The molecule has 1 aliphatic heterocycles. The third-order valence-electron chi connectivity index (χ3n) is 4.08. The monoisotopic (exact) mass is 393 g/mol. The van der Waals surface area contributed by atoms with E-state index in [1.807, 2.05) is 0 Å². The van der Waals surface area contributed by atoms with E-state index in [4.69, 9.17) is 13.7 Å². The quantitative estimate of drug-likeness (QED) is 0.642. The first-order valence-corrected chi connectivity index (χ1v) is 11.0. The molecule has 1 aromatic rings. The Labute approximate surface area is 148 Å². The zero-order valence-corrected chi connectivity index (χ0v) is 16.3. The lowest BCUT2D eigenvalue weighted by molar-refractivity contribution is 0.154. The molecule has 1 fully saturated rings. The van der Waals surface area contributed by atoms with E-state index in [2.05, 4.69) is 0 Å². The molecule has 8 nitrogen and oxygen atoms in total. The van der Waals surface area contributed by atoms with Crippen molar-refractivity contribution in [1.82, 2.24) is 4.31 Å². The molecule has 0 aliphatic carbocycles. The molecule has 0 radical (unpaired) electrons. The van der Waals surface area contributed by atoms with Crippen molar-refractivity contribution in [2.75, 3.05) is 27.0 Å². The van der Waals surface area contributed by atoms with Crippen LogP contribution < -0.4 is 9.47 Å². The smallest absolute Gasteiger partial charge is 0.264 e. The highest BCUT2D eigenvalue weighted by Crippen LogP contribution is 2.34.